The van der Waals surface area contributed by atoms with Crippen LogP contribution >= 0.6 is 0 Å². The molecule has 1 fully saturated rings. The van der Waals surface area contributed by atoms with Crippen LogP contribution in [0.4, 0.5) is 13.2 Å². The highest BCUT2D eigenvalue weighted by atomic mass is 19.2. The van der Waals surface area contributed by atoms with E-state index in [0.717, 1.165) is 25.3 Å². The van der Waals surface area contributed by atoms with Crippen molar-refractivity contribution in [3.05, 3.63) is 35.1 Å². The summed E-state index contributed by atoms with van der Waals surface area (Å²) in [7, 11) is 0. The van der Waals surface area contributed by atoms with Crippen molar-refractivity contribution in [1.82, 2.24) is 4.90 Å². The van der Waals surface area contributed by atoms with Crippen LogP contribution in [0.2, 0.25) is 0 Å². The summed E-state index contributed by atoms with van der Waals surface area (Å²) in [6.45, 7) is 2.76. The highest BCUT2D eigenvalue weighted by Crippen LogP contribution is 2.24. The first-order valence-electron chi connectivity index (χ1n) is 12.6. The SMILES string of the molecule is CCCCCCCCCCCCCCOC(=O)C1CCCN1C(=O)c1ccc(F)c(F)c1F. The standard InChI is InChI=1S/C26H38F3NO3/c1-2-3-4-5-6-7-8-9-10-11-12-13-19-33-26(32)22-15-14-18-30(22)25(31)20-16-17-21(27)24(29)23(20)28/h16-17,22H,2-15,18-19H2,1H3. The second-order valence-corrected chi connectivity index (χ2v) is 8.94. The average molecular weight is 470 g/mol. The Morgan fingerprint density at radius 2 is 1.45 bits per heavy atom. The summed E-state index contributed by atoms with van der Waals surface area (Å²) in [4.78, 5) is 26.3. The fraction of sp³-hybridized carbons (Fsp3) is 0.692. The number of halogens is 3. The van der Waals surface area contributed by atoms with Gasteiger partial charge in [0.05, 0.1) is 12.2 Å². The lowest BCUT2D eigenvalue weighted by Gasteiger charge is -2.23. The summed E-state index contributed by atoms with van der Waals surface area (Å²) >= 11 is 0. The predicted octanol–water partition coefficient (Wildman–Crippen LogP) is 6.95. The molecule has 0 spiro atoms. The van der Waals surface area contributed by atoms with Gasteiger partial charge in [0.1, 0.15) is 6.04 Å². The predicted molar refractivity (Wildman–Crippen MR) is 122 cm³/mol. The van der Waals surface area contributed by atoms with Crippen LogP contribution < -0.4 is 0 Å². The van der Waals surface area contributed by atoms with E-state index >= 15 is 0 Å². The quantitative estimate of drug-likeness (QED) is 0.159. The molecule has 1 aromatic carbocycles. The van der Waals surface area contributed by atoms with Gasteiger partial charge in [-0.25, -0.2) is 18.0 Å². The second kappa shape index (κ2) is 15.0. The van der Waals surface area contributed by atoms with E-state index in [-0.39, 0.29) is 13.2 Å². The second-order valence-electron chi connectivity index (χ2n) is 8.94. The van der Waals surface area contributed by atoms with Crippen molar-refractivity contribution in [3.63, 3.8) is 0 Å². The van der Waals surface area contributed by atoms with Crippen LogP contribution in [0.25, 0.3) is 0 Å². The van der Waals surface area contributed by atoms with Gasteiger partial charge < -0.3 is 9.64 Å². The fourth-order valence-electron chi connectivity index (χ4n) is 4.31. The van der Waals surface area contributed by atoms with E-state index in [9.17, 15) is 22.8 Å². The van der Waals surface area contributed by atoms with Gasteiger partial charge >= 0.3 is 5.97 Å². The molecule has 0 radical (unpaired) electrons. The number of likely N-dealkylation sites (tertiary alicyclic amines) is 1. The molecule has 1 unspecified atom stereocenters. The molecule has 0 aliphatic carbocycles. The summed E-state index contributed by atoms with van der Waals surface area (Å²) in [5, 5.41) is 0. The maximum atomic E-state index is 14.0. The molecule has 33 heavy (non-hydrogen) atoms. The minimum atomic E-state index is -1.69. The van der Waals surface area contributed by atoms with Gasteiger partial charge in [-0.15, -0.1) is 0 Å². The highest BCUT2D eigenvalue weighted by molar-refractivity contribution is 5.97. The molecule has 1 aliphatic heterocycles. The zero-order valence-corrected chi connectivity index (χ0v) is 19.9. The molecule has 0 N–H and O–H groups in total. The van der Waals surface area contributed by atoms with Crippen LogP contribution in [0.1, 0.15) is 107 Å². The number of hydrogen-bond acceptors (Lipinski definition) is 3. The van der Waals surface area contributed by atoms with Crippen molar-refractivity contribution < 1.29 is 27.5 Å². The number of carbonyl (C=O) groups is 2. The molecule has 186 valence electrons. The maximum absolute atomic E-state index is 14.0. The van der Waals surface area contributed by atoms with Crippen molar-refractivity contribution >= 4 is 11.9 Å². The van der Waals surface area contributed by atoms with E-state index < -0.39 is 40.9 Å². The number of nitrogens with zero attached hydrogens (tertiary/aromatic N) is 1. The lowest BCUT2D eigenvalue weighted by molar-refractivity contribution is -0.148. The maximum Gasteiger partial charge on any atom is 0.328 e. The number of amides is 1. The van der Waals surface area contributed by atoms with E-state index in [0.29, 0.717) is 18.9 Å². The summed E-state index contributed by atoms with van der Waals surface area (Å²) in [5.41, 5.74) is -0.574. The Balaban J connectivity index is 1.62. The smallest absolute Gasteiger partial charge is 0.328 e. The number of unbranched alkanes of at least 4 members (excludes halogenated alkanes) is 11. The largest absolute Gasteiger partial charge is 0.464 e. The third-order valence-electron chi connectivity index (χ3n) is 6.29. The van der Waals surface area contributed by atoms with E-state index in [1.807, 2.05) is 0 Å². The van der Waals surface area contributed by atoms with Crippen molar-refractivity contribution in [2.75, 3.05) is 13.2 Å². The first-order chi connectivity index (χ1) is 16.0. The number of rotatable bonds is 15. The number of carbonyl (C=O) groups excluding carboxylic acids is 2. The van der Waals surface area contributed by atoms with Crippen molar-refractivity contribution in [2.45, 2.75) is 103 Å². The lowest BCUT2D eigenvalue weighted by atomic mass is 10.1. The molecule has 1 aromatic rings. The lowest BCUT2D eigenvalue weighted by Crippen LogP contribution is -2.42. The molecule has 0 saturated carbocycles. The molecule has 4 nitrogen and oxygen atoms in total. The van der Waals surface area contributed by atoms with Crippen molar-refractivity contribution in [1.29, 1.82) is 0 Å². The average Bonchev–Trinajstić information content (AvgIpc) is 3.30. The van der Waals surface area contributed by atoms with Crippen LogP contribution in [0.15, 0.2) is 12.1 Å². The molecule has 1 saturated heterocycles. The zero-order valence-electron chi connectivity index (χ0n) is 19.9. The molecular weight excluding hydrogens is 431 g/mol. The van der Waals surface area contributed by atoms with Crippen LogP contribution in [0.3, 0.4) is 0 Å². The molecule has 1 aliphatic rings. The third-order valence-corrected chi connectivity index (χ3v) is 6.29. The Morgan fingerprint density at radius 1 is 0.879 bits per heavy atom. The minimum Gasteiger partial charge on any atom is -0.464 e. The molecule has 2 rings (SSSR count). The molecule has 0 aromatic heterocycles. The first kappa shape index (κ1) is 27.2. The van der Waals surface area contributed by atoms with Gasteiger partial charge in [-0.1, -0.05) is 77.6 Å². The topological polar surface area (TPSA) is 46.6 Å². The van der Waals surface area contributed by atoms with Gasteiger partial charge in [0, 0.05) is 6.54 Å². The van der Waals surface area contributed by atoms with E-state index in [2.05, 4.69) is 6.92 Å². The van der Waals surface area contributed by atoms with Gasteiger partial charge in [0.2, 0.25) is 0 Å². The molecule has 0 bridgehead atoms. The zero-order chi connectivity index (χ0) is 24.1. The minimum absolute atomic E-state index is 0.246. The Morgan fingerprint density at radius 3 is 2.06 bits per heavy atom. The summed E-state index contributed by atoms with van der Waals surface area (Å²) in [6, 6.07) is 0.800. The van der Waals surface area contributed by atoms with Crippen molar-refractivity contribution in [2.24, 2.45) is 0 Å². The van der Waals surface area contributed by atoms with Crippen molar-refractivity contribution in [3.8, 4) is 0 Å². The monoisotopic (exact) mass is 469 g/mol. The van der Waals surface area contributed by atoms with Gasteiger partial charge in [0.15, 0.2) is 17.5 Å². The van der Waals surface area contributed by atoms with Gasteiger partial charge in [0.25, 0.3) is 5.91 Å². The van der Waals surface area contributed by atoms with Gasteiger partial charge in [-0.3, -0.25) is 4.79 Å². The number of hydrogen-bond donors (Lipinski definition) is 0. The third kappa shape index (κ3) is 8.67. The molecule has 1 amide bonds. The summed E-state index contributed by atoms with van der Waals surface area (Å²) in [6.07, 6.45) is 15.5. The Labute approximate surface area is 195 Å². The van der Waals surface area contributed by atoms with Crippen LogP contribution in [-0.4, -0.2) is 36.0 Å². The highest BCUT2D eigenvalue weighted by Gasteiger charge is 2.37. The Bertz CT molecular complexity index is 757. The summed E-state index contributed by atoms with van der Waals surface area (Å²) < 4.78 is 46.0. The normalized spacial score (nSPS) is 15.8. The van der Waals surface area contributed by atoms with E-state index in [1.165, 1.54) is 62.7 Å². The number of ether oxygens (including phenoxy) is 1. The van der Waals surface area contributed by atoms with E-state index in [1.54, 1.807) is 0 Å². The molecule has 1 atom stereocenters. The van der Waals surface area contributed by atoms with Crippen LogP contribution in [0, 0.1) is 17.5 Å². The summed E-state index contributed by atoms with van der Waals surface area (Å²) in [5.74, 6) is -5.92. The van der Waals surface area contributed by atoms with E-state index in [4.69, 9.17) is 4.74 Å². The fourth-order valence-corrected chi connectivity index (χ4v) is 4.31. The number of benzene rings is 1. The Hall–Kier alpha value is -2.05. The van der Waals surface area contributed by atoms with Crippen LogP contribution in [-0.2, 0) is 9.53 Å². The first-order valence-corrected chi connectivity index (χ1v) is 12.6. The molecule has 7 heteroatoms. The van der Waals surface area contributed by atoms with Crippen LogP contribution in [0.5, 0.6) is 0 Å². The Kier molecular flexibility index (Phi) is 12.3. The van der Waals surface area contributed by atoms with Gasteiger partial charge in [-0.05, 0) is 31.4 Å². The number of esters is 1. The molecular formula is C26H38F3NO3. The molecule has 1 heterocycles. The van der Waals surface area contributed by atoms with Gasteiger partial charge in [-0.2, -0.15) is 0 Å².